The molecule has 0 bridgehead atoms. The van der Waals surface area contributed by atoms with E-state index < -0.39 is 15.8 Å². The predicted octanol–water partition coefficient (Wildman–Crippen LogP) is 1.09. The fraction of sp³-hybridized carbons (Fsp3) is 0.562. The number of ether oxygens (including phenoxy) is 1. The number of carbonyl (C=O) groups is 1. The van der Waals surface area contributed by atoms with Crippen molar-refractivity contribution in [3.05, 3.63) is 30.1 Å². The van der Waals surface area contributed by atoms with Gasteiger partial charge in [-0.25, -0.2) is 12.8 Å². The largest absolute Gasteiger partial charge is 0.378 e. The molecule has 2 fully saturated rings. The number of carbonyl (C=O) groups excluding carboxylic acids is 1. The SMILES string of the molecule is O=C(C1CCCN(S(=O)(=O)c2cccc(F)c2)C1)N1CCOCC1. The van der Waals surface area contributed by atoms with Crippen LogP contribution < -0.4 is 0 Å². The van der Waals surface area contributed by atoms with Crippen LogP contribution in [-0.2, 0) is 19.6 Å². The average Bonchev–Trinajstić information content (AvgIpc) is 2.62. The van der Waals surface area contributed by atoms with Crippen LogP contribution in [0.4, 0.5) is 4.39 Å². The van der Waals surface area contributed by atoms with Crippen LogP contribution in [0.3, 0.4) is 0 Å². The van der Waals surface area contributed by atoms with Crippen LogP contribution in [0.1, 0.15) is 12.8 Å². The second kappa shape index (κ2) is 7.16. The molecule has 0 aromatic heterocycles. The van der Waals surface area contributed by atoms with E-state index in [1.165, 1.54) is 22.5 Å². The highest BCUT2D eigenvalue weighted by Crippen LogP contribution is 2.25. The molecule has 2 aliphatic heterocycles. The minimum Gasteiger partial charge on any atom is -0.378 e. The van der Waals surface area contributed by atoms with E-state index >= 15 is 0 Å². The van der Waals surface area contributed by atoms with Crippen molar-refractivity contribution >= 4 is 15.9 Å². The third-order valence-electron chi connectivity index (χ3n) is 4.49. The molecular formula is C16H21FN2O4S. The van der Waals surface area contributed by atoms with Gasteiger partial charge < -0.3 is 9.64 Å². The molecule has 0 radical (unpaired) electrons. The molecule has 2 saturated heterocycles. The molecule has 2 heterocycles. The number of amides is 1. The van der Waals surface area contributed by atoms with E-state index in [-0.39, 0.29) is 23.3 Å². The van der Waals surface area contributed by atoms with E-state index in [0.717, 1.165) is 6.07 Å². The van der Waals surface area contributed by atoms with Gasteiger partial charge in [0.2, 0.25) is 15.9 Å². The second-order valence-corrected chi connectivity index (χ2v) is 8.04. The maximum atomic E-state index is 13.4. The number of nitrogens with zero attached hydrogens (tertiary/aromatic N) is 2. The summed E-state index contributed by atoms with van der Waals surface area (Å²) in [7, 11) is -3.78. The molecule has 24 heavy (non-hydrogen) atoms. The monoisotopic (exact) mass is 356 g/mol. The molecule has 132 valence electrons. The normalized spacial score (nSPS) is 23.2. The van der Waals surface area contributed by atoms with Gasteiger partial charge >= 0.3 is 0 Å². The third-order valence-corrected chi connectivity index (χ3v) is 6.35. The second-order valence-electron chi connectivity index (χ2n) is 6.10. The smallest absolute Gasteiger partial charge is 0.243 e. The molecule has 8 heteroatoms. The molecule has 1 amide bonds. The number of morpholine rings is 1. The number of benzene rings is 1. The van der Waals surface area contributed by atoms with Gasteiger partial charge in [-0.05, 0) is 31.0 Å². The molecular weight excluding hydrogens is 335 g/mol. The summed E-state index contributed by atoms with van der Waals surface area (Å²) in [5.41, 5.74) is 0. The zero-order valence-corrected chi connectivity index (χ0v) is 14.2. The Morgan fingerprint density at radius 2 is 1.96 bits per heavy atom. The van der Waals surface area contributed by atoms with Crippen LogP contribution in [0, 0.1) is 11.7 Å². The highest BCUT2D eigenvalue weighted by atomic mass is 32.2. The lowest BCUT2D eigenvalue weighted by atomic mass is 9.98. The summed E-state index contributed by atoms with van der Waals surface area (Å²) >= 11 is 0. The van der Waals surface area contributed by atoms with Crippen LogP contribution in [0.2, 0.25) is 0 Å². The summed E-state index contributed by atoms with van der Waals surface area (Å²) < 4.78 is 45.3. The Bertz CT molecular complexity index is 704. The number of halogens is 1. The first-order valence-corrected chi connectivity index (χ1v) is 9.55. The molecule has 1 unspecified atom stereocenters. The lowest BCUT2D eigenvalue weighted by Crippen LogP contribution is -2.49. The van der Waals surface area contributed by atoms with E-state index in [4.69, 9.17) is 4.74 Å². The Hall–Kier alpha value is -1.51. The summed E-state index contributed by atoms with van der Waals surface area (Å²) in [6.45, 7) is 2.63. The molecule has 0 aliphatic carbocycles. The van der Waals surface area contributed by atoms with Gasteiger partial charge in [0.25, 0.3) is 0 Å². The predicted molar refractivity (Wildman–Crippen MR) is 85.3 cm³/mol. The van der Waals surface area contributed by atoms with Crippen LogP contribution in [0.5, 0.6) is 0 Å². The quantitative estimate of drug-likeness (QED) is 0.813. The summed E-state index contributed by atoms with van der Waals surface area (Å²) in [6, 6.07) is 4.98. The van der Waals surface area contributed by atoms with Crippen molar-refractivity contribution in [1.29, 1.82) is 0 Å². The van der Waals surface area contributed by atoms with Gasteiger partial charge in [0, 0.05) is 26.2 Å². The van der Waals surface area contributed by atoms with E-state index in [0.29, 0.717) is 45.7 Å². The Kier molecular flexibility index (Phi) is 5.17. The zero-order chi connectivity index (χ0) is 17.2. The van der Waals surface area contributed by atoms with Gasteiger partial charge in [-0.3, -0.25) is 4.79 Å². The molecule has 0 spiro atoms. The number of hydrogen-bond acceptors (Lipinski definition) is 4. The number of sulfonamides is 1. The lowest BCUT2D eigenvalue weighted by Gasteiger charge is -2.35. The van der Waals surface area contributed by atoms with Crippen molar-refractivity contribution in [3.63, 3.8) is 0 Å². The van der Waals surface area contributed by atoms with Gasteiger partial charge in [0.1, 0.15) is 5.82 Å². The molecule has 1 aromatic carbocycles. The third kappa shape index (κ3) is 3.60. The minimum atomic E-state index is -3.78. The van der Waals surface area contributed by atoms with Crippen LogP contribution in [-0.4, -0.2) is 62.9 Å². The zero-order valence-electron chi connectivity index (χ0n) is 13.4. The van der Waals surface area contributed by atoms with Gasteiger partial charge in [-0.15, -0.1) is 0 Å². The van der Waals surface area contributed by atoms with Crippen LogP contribution in [0.15, 0.2) is 29.2 Å². The molecule has 0 N–H and O–H groups in total. The van der Waals surface area contributed by atoms with Gasteiger partial charge in [0.15, 0.2) is 0 Å². The maximum absolute atomic E-state index is 13.4. The summed E-state index contributed by atoms with van der Waals surface area (Å²) in [5.74, 6) is -0.952. The topological polar surface area (TPSA) is 66.9 Å². The number of piperidine rings is 1. The van der Waals surface area contributed by atoms with E-state index in [1.54, 1.807) is 4.90 Å². The van der Waals surface area contributed by atoms with Gasteiger partial charge in [0.05, 0.1) is 24.0 Å². The molecule has 3 rings (SSSR count). The fourth-order valence-electron chi connectivity index (χ4n) is 3.18. The lowest BCUT2D eigenvalue weighted by molar-refractivity contribution is -0.140. The van der Waals surface area contributed by atoms with E-state index in [2.05, 4.69) is 0 Å². The van der Waals surface area contributed by atoms with E-state index in [9.17, 15) is 17.6 Å². The first-order chi connectivity index (χ1) is 11.5. The molecule has 1 atom stereocenters. The van der Waals surface area contributed by atoms with Crippen molar-refractivity contribution in [2.24, 2.45) is 5.92 Å². The Morgan fingerprint density at radius 3 is 2.67 bits per heavy atom. The van der Waals surface area contributed by atoms with Crippen molar-refractivity contribution in [2.45, 2.75) is 17.7 Å². The average molecular weight is 356 g/mol. The van der Waals surface area contributed by atoms with Crippen molar-refractivity contribution in [1.82, 2.24) is 9.21 Å². The summed E-state index contributed by atoms with van der Waals surface area (Å²) in [6.07, 6.45) is 1.29. The van der Waals surface area contributed by atoms with E-state index in [1.807, 2.05) is 0 Å². The molecule has 6 nitrogen and oxygen atoms in total. The summed E-state index contributed by atoms with van der Waals surface area (Å²) in [4.78, 5) is 14.3. The first kappa shape index (κ1) is 17.3. The van der Waals surface area contributed by atoms with Gasteiger partial charge in [-0.2, -0.15) is 4.31 Å². The summed E-state index contributed by atoms with van der Waals surface area (Å²) in [5, 5.41) is 0. The van der Waals surface area contributed by atoms with Crippen LogP contribution in [0.25, 0.3) is 0 Å². The molecule has 0 saturated carbocycles. The highest BCUT2D eigenvalue weighted by Gasteiger charge is 2.35. The minimum absolute atomic E-state index is 0.0163. The molecule has 1 aromatic rings. The number of hydrogen-bond donors (Lipinski definition) is 0. The maximum Gasteiger partial charge on any atom is 0.243 e. The fourth-order valence-corrected chi connectivity index (χ4v) is 4.74. The van der Waals surface area contributed by atoms with Crippen molar-refractivity contribution < 1.29 is 22.3 Å². The van der Waals surface area contributed by atoms with Crippen molar-refractivity contribution in [3.8, 4) is 0 Å². The Morgan fingerprint density at radius 1 is 1.21 bits per heavy atom. The van der Waals surface area contributed by atoms with Gasteiger partial charge in [-0.1, -0.05) is 6.07 Å². The standard InChI is InChI=1S/C16H21FN2O4S/c17-14-4-1-5-15(11-14)24(21,22)19-6-2-3-13(12-19)16(20)18-7-9-23-10-8-18/h1,4-5,11,13H,2-3,6-10,12H2. The Labute approximate surface area is 141 Å². The Balaban J connectivity index is 1.74. The molecule has 2 aliphatic rings. The van der Waals surface area contributed by atoms with Crippen LogP contribution >= 0.6 is 0 Å². The number of rotatable bonds is 3. The van der Waals surface area contributed by atoms with Crippen molar-refractivity contribution in [2.75, 3.05) is 39.4 Å². The highest BCUT2D eigenvalue weighted by molar-refractivity contribution is 7.89. The first-order valence-electron chi connectivity index (χ1n) is 8.11.